The number of oxazole rings is 1. The zero-order valence-corrected chi connectivity index (χ0v) is 10.2. The van der Waals surface area contributed by atoms with Crippen molar-refractivity contribution in [2.45, 2.75) is 38.3 Å². The van der Waals surface area contributed by atoms with Crippen LogP contribution in [0.4, 0.5) is 0 Å². The second kappa shape index (κ2) is 5.46. The highest BCUT2D eigenvalue weighted by Crippen LogP contribution is 2.18. The molecule has 4 nitrogen and oxygen atoms in total. The van der Waals surface area contributed by atoms with Gasteiger partial charge in [-0.15, -0.1) is 0 Å². The highest BCUT2D eigenvalue weighted by atomic mass is 16.3. The fourth-order valence-electron chi connectivity index (χ4n) is 2.31. The third kappa shape index (κ3) is 2.83. The predicted octanol–water partition coefficient (Wildman–Crippen LogP) is 1.42. The predicted molar refractivity (Wildman–Crippen MR) is 63.2 cm³/mol. The van der Waals surface area contributed by atoms with E-state index in [1.807, 2.05) is 7.05 Å². The van der Waals surface area contributed by atoms with Crippen LogP contribution in [0.15, 0.2) is 10.7 Å². The third-order valence-electron chi connectivity index (χ3n) is 3.29. The molecule has 2 rings (SSSR count). The Morgan fingerprint density at radius 1 is 1.56 bits per heavy atom. The van der Waals surface area contributed by atoms with Crippen LogP contribution in [0.2, 0.25) is 0 Å². The van der Waals surface area contributed by atoms with Crippen molar-refractivity contribution in [2.75, 3.05) is 20.6 Å². The van der Waals surface area contributed by atoms with Gasteiger partial charge in [-0.05, 0) is 33.5 Å². The van der Waals surface area contributed by atoms with Crippen molar-refractivity contribution in [3.8, 4) is 0 Å². The van der Waals surface area contributed by atoms with Gasteiger partial charge in [0.05, 0.1) is 5.69 Å². The molecule has 16 heavy (non-hydrogen) atoms. The van der Waals surface area contributed by atoms with Crippen molar-refractivity contribution in [1.29, 1.82) is 0 Å². The summed E-state index contributed by atoms with van der Waals surface area (Å²) >= 11 is 0. The SMILES string of the molecule is CNCc1coc(CC2CCCCN2C)n1. The fourth-order valence-corrected chi connectivity index (χ4v) is 2.31. The number of piperidine rings is 1. The van der Waals surface area contributed by atoms with Gasteiger partial charge in [0, 0.05) is 19.0 Å². The van der Waals surface area contributed by atoms with E-state index in [1.165, 1.54) is 25.8 Å². The number of aromatic nitrogens is 1. The molecule has 2 heterocycles. The van der Waals surface area contributed by atoms with Crippen molar-refractivity contribution in [1.82, 2.24) is 15.2 Å². The molecule has 0 saturated carbocycles. The quantitative estimate of drug-likeness (QED) is 0.838. The van der Waals surface area contributed by atoms with Crippen molar-refractivity contribution in [3.05, 3.63) is 17.8 Å². The van der Waals surface area contributed by atoms with Crippen LogP contribution in [-0.2, 0) is 13.0 Å². The Hall–Kier alpha value is -0.870. The highest BCUT2D eigenvalue weighted by Gasteiger charge is 2.21. The molecule has 1 saturated heterocycles. The Labute approximate surface area is 97.0 Å². The van der Waals surface area contributed by atoms with Crippen LogP contribution < -0.4 is 5.32 Å². The number of nitrogens with zero attached hydrogens (tertiary/aromatic N) is 2. The average Bonchev–Trinajstić information content (AvgIpc) is 2.70. The summed E-state index contributed by atoms with van der Waals surface area (Å²) in [5, 5.41) is 3.08. The van der Waals surface area contributed by atoms with E-state index in [9.17, 15) is 0 Å². The van der Waals surface area contributed by atoms with Gasteiger partial charge >= 0.3 is 0 Å². The van der Waals surface area contributed by atoms with Crippen LogP contribution in [0.3, 0.4) is 0 Å². The first-order chi connectivity index (χ1) is 7.79. The summed E-state index contributed by atoms with van der Waals surface area (Å²) in [6.45, 7) is 1.98. The van der Waals surface area contributed by atoms with Gasteiger partial charge in [-0.1, -0.05) is 6.42 Å². The van der Waals surface area contributed by atoms with E-state index < -0.39 is 0 Å². The van der Waals surface area contributed by atoms with E-state index in [0.717, 1.165) is 24.6 Å². The fraction of sp³-hybridized carbons (Fsp3) is 0.750. The Bertz CT molecular complexity index is 324. The minimum absolute atomic E-state index is 0.606. The summed E-state index contributed by atoms with van der Waals surface area (Å²) in [5.41, 5.74) is 0.996. The summed E-state index contributed by atoms with van der Waals surface area (Å²) in [7, 11) is 4.12. The summed E-state index contributed by atoms with van der Waals surface area (Å²) in [6, 6.07) is 0.606. The number of likely N-dealkylation sites (N-methyl/N-ethyl adjacent to an activating group) is 1. The van der Waals surface area contributed by atoms with Crippen molar-refractivity contribution in [3.63, 3.8) is 0 Å². The van der Waals surface area contributed by atoms with Gasteiger partial charge < -0.3 is 14.6 Å². The lowest BCUT2D eigenvalue weighted by Crippen LogP contribution is -2.37. The highest BCUT2D eigenvalue weighted by molar-refractivity contribution is 4.98. The molecular formula is C12H21N3O. The molecule has 90 valence electrons. The lowest BCUT2D eigenvalue weighted by molar-refractivity contribution is 0.177. The molecule has 0 amide bonds. The molecule has 1 aliphatic heterocycles. The monoisotopic (exact) mass is 223 g/mol. The van der Waals surface area contributed by atoms with Crippen LogP contribution in [0, 0.1) is 0 Å². The summed E-state index contributed by atoms with van der Waals surface area (Å²) in [6.07, 6.45) is 6.62. The van der Waals surface area contributed by atoms with Gasteiger partial charge in [-0.2, -0.15) is 0 Å². The van der Waals surface area contributed by atoms with Crippen LogP contribution in [-0.4, -0.2) is 36.6 Å². The number of nitrogens with one attached hydrogen (secondary N) is 1. The van der Waals surface area contributed by atoms with Crippen LogP contribution >= 0.6 is 0 Å². The third-order valence-corrected chi connectivity index (χ3v) is 3.29. The average molecular weight is 223 g/mol. The topological polar surface area (TPSA) is 41.3 Å². The molecule has 1 aromatic heterocycles. The number of rotatable bonds is 4. The first-order valence-corrected chi connectivity index (χ1v) is 6.07. The molecule has 0 spiro atoms. The smallest absolute Gasteiger partial charge is 0.195 e. The van der Waals surface area contributed by atoms with Gasteiger partial charge in [0.2, 0.25) is 0 Å². The largest absolute Gasteiger partial charge is 0.449 e. The number of likely N-dealkylation sites (tertiary alicyclic amines) is 1. The molecule has 1 aromatic rings. The zero-order valence-electron chi connectivity index (χ0n) is 10.2. The maximum Gasteiger partial charge on any atom is 0.195 e. The molecule has 1 N–H and O–H groups in total. The van der Waals surface area contributed by atoms with Crippen LogP contribution in [0.25, 0.3) is 0 Å². The van der Waals surface area contributed by atoms with E-state index >= 15 is 0 Å². The Balaban J connectivity index is 1.91. The van der Waals surface area contributed by atoms with Crippen molar-refractivity contribution < 1.29 is 4.42 Å². The lowest BCUT2D eigenvalue weighted by Gasteiger charge is -2.31. The standard InChI is InChI=1S/C12H21N3O/c1-13-8-10-9-16-12(14-10)7-11-5-3-4-6-15(11)2/h9,11,13H,3-8H2,1-2H3. The van der Waals surface area contributed by atoms with Gasteiger partial charge in [0.15, 0.2) is 5.89 Å². The maximum atomic E-state index is 5.49. The normalized spacial score (nSPS) is 22.5. The van der Waals surface area contributed by atoms with E-state index in [1.54, 1.807) is 6.26 Å². The van der Waals surface area contributed by atoms with Crippen LogP contribution in [0.5, 0.6) is 0 Å². The Morgan fingerprint density at radius 3 is 3.19 bits per heavy atom. The molecule has 1 atom stereocenters. The first-order valence-electron chi connectivity index (χ1n) is 6.07. The van der Waals surface area contributed by atoms with Gasteiger partial charge in [-0.3, -0.25) is 0 Å². The second-order valence-electron chi connectivity index (χ2n) is 4.60. The van der Waals surface area contributed by atoms with E-state index in [2.05, 4.69) is 22.2 Å². The first kappa shape index (κ1) is 11.6. The minimum Gasteiger partial charge on any atom is -0.449 e. The summed E-state index contributed by atoms with van der Waals surface area (Å²) < 4.78 is 5.49. The van der Waals surface area contributed by atoms with Gasteiger partial charge in [0.1, 0.15) is 6.26 Å². The van der Waals surface area contributed by atoms with Gasteiger partial charge in [-0.25, -0.2) is 4.98 Å². The van der Waals surface area contributed by atoms with E-state index in [-0.39, 0.29) is 0 Å². The molecular weight excluding hydrogens is 202 g/mol. The Kier molecular flexibility index (Phi) is 3.96. The molecule has 0 radical (unpaired) electrons. The molecule has 0 bridgehead atoms. The number of hydrogen-bond donors (Lipinski definition) is 1. The summed E-state index contributed by atoms with van der Waals surface area (Å²) in [4.78, 5) is 6.89. The summed E-state index contributed by atoms with van der Waals surface area (Å²) in [5.74, 6) is 0.879. The van der Waals surface area contributed by atoms with Crippen molar-refractivity contribution in [2.24, 2.45) is 0 Å². The minimum atomic E-state index is 0.606. The molecule has 1 fully saturated rings. The maximum absolute atomic E-state index is 5.49. The second-order valence-corrected chi connectivity index (χ2v) is 4.60. The van der Waals surface area contributed by atoms with E-state index in [4.69, 9.17) is 4.42 Å². The van der Waals surface area contributed by atoms with Crippen molar-refractivity contribution >= 4 is 0 Å². The lowest BCUT2D eigenvalue weighted by atomic mass is 10.0. The molecule has 4 heteroatoms. The number of hydrogen-bond acceptors (Lipinski definition) is 4. The molecule has 0 aliphatic carbocycles. The molecule has 0 aromatic carbocycles. The Morgan fingerprint density at radius 2 is 2.44 bits per heavy atom. The van der Waals surface area contributed by atoms with Crippen LogP contribution in [0.1, 0.15) is 30.8 Å². The molecule has 1 unspecified atom stereocenters. The zero-order chi connectivity index (χ0) is 11.4. The van der Waals surface area contributed by atoms with E-state index in [0.29, 0.717) is 6.04 Å². The van der Waals surface area contributed by atoms with Gasteiger partial charge in [0.25, 0.3) is 0 Å². The molecule has 1 aliphatic rings.